The molecule has 0 aromatic carbocycles. The van der Waals surface area contributed by atoms with E-state index in [0.29, 0.717) is 13.1 Å². The molecule has 130 valence electrons. The number of amides is 1. The predicted octanol–water partition coefficient (Wildman–Crippen LogP) is 1.51. The van der Waals surface area contributed by atoms with Gasteiger partial charge in [-0.1, -0.05) is 0 Å². The lowest BCUT2D eigenvalue weighted by Crippen LogP contribution is -2.34. The average molecular weight is 359 g/mol. The van der Waals surface area contributed by atoms with Gasteiger partial charge in [0.25, 0.3) is 0 Å². The molecule has 0 unspecified atom stereocenters. The molecule has 24 heavy (non-hydrogen) atoms. The van der Waals surface area contributed by atoms with Crippen molar-refractivity contribution < 1.29 is 18.0 Å². The number of hydrogen-bond acceptors (Lipinski definition) is 5. The van der Waals surface area contributed by atoms with E-state index in [1.54, 1.807) is 10.9 Å². The summed E-state index contributed by atoms with van der Waals surface area (Å²) in [5.41, 5.74) is 0.0452. The molecule has 1 aliphatic rings. The maximum absolute atomic E-state index is 12.5. The van der Waals surface area contributed by atoms with E-state index in [-0.39, 0.29) is 29.3 Å². The van der Waals surface area contributed by atoms with Gasteiger partial charge in [-0.25, -0.2) is 4.98 Å². The van der Waals surface area contributed by atoms with Gasteiger partial charge in [0.2, 0.25) is 5.91 Å². The number of alkyl halides is 3. The Balaban J connectivity index is 1.61. The summed E-state index contributed by atoms with van der Waals surface area (Å²) in [7, 11) is 1.81. The minimum Gasteiger partial charge on any atom is -0.349 e. The summed E-state index contributed by atoms with van der Waals surface area (Å²) in [6, 6.07) is 0. The summed E-state index contributed by atoms with van der Waals surface area (Å²) >= 11 is 0.887. The van der Waals surface area contributed by atoms with Gasteiger partial charge in [0, 0.05) is 37.6 Å². The van der Waals surface area contributed by atoms with Gasteiger partial charge in [0.1, 0.15) is 5.01 Å². The quantitative estimate of drug-likeness (QED) is 0.868. The molecule has 0 spiro atoms. The normalized spacial score (nSPS) is 21.2. The van der Waals surface area contributed by atoms with Crippen LogP contribution >= 0.6 is 11.3 Å². The second-order valence-corrected chi connectivity index (χ2v) is 6.60. The molecule has 1 amide bonds. The van der Waals surface area contributed by atoms with Crippen molar-refractivity contribution in [1.82, 2.24) is 25.4 Å². The van der Waals surface area contributed by atoms with Crippen molar-refractivity contribution in [3.05, 3.63) is 34.0 Å². The molecule has 2 aromatic heterocycles. The summed E-state index contributed by atoms with van der Waals surface area (Å²) in [4.78, 5) is 15.9. The molecule has 6 nitrogen and oxygen atoms in total. The highest BCUT2D eigenvalue weighted by Crippen LogP contribution is 2.30. The van der Waals surface area contributed by atoms with Crippen molar-refractivity contribution in [2.45, 2.75) is 18.6 Å². The number of aromatic nitrogens is 3. The molecule has 0 aliphatic carbocycles. The largest absolute Gasteiger partial charge is 0.434 e. The lowest BCUT2D eigenvalue weighted by Gasteiger charge is -2.16. The van der Waals surface area contributed by atoms with E-state index < -0.39 is 11.9 Å². The number of halogens is 3. The number of rotatable bonds is 4. The Morgan fingerprint density at radius 1 is 1.50 bits per heavy atom. The summed E-state index contributed by atoms with van der Waals surface area (Å²) in [6.07, 6.45) is -0.859. The first-order chi connectivity index (χ1) is 11.3. The van der Waals surface area contributed by atoms with Crippen molar-refractivity contribution in [1.29, 1.82) is 0 Å². The molecule has 3 heterocycles. The van der Waals surface area contributed by atoms with Crippen LogP contribution in [0.1, 0.15) is 22.2 Å². The Bertz CT molecular complexity index is 726. The topological polar surface area (TPSA) is 71.8 Å². The van der Waals surface area contributed by atoms with Crippen LogP contribution in [0.25, 0.3) is 0 Å². The molecule has 0 saturated carbocycles. The smallest absolute Gasteiger partial charge is 0.349 e. The number of nitrogens with one attached hydrogen (secondary N) is 2. The Hall–Kier alpha value is -1.94. The van der Waals surface area contributed by atoms with E-state index in [9.17, 15) is 18.0 Å². The van der Waals surface area contributed by atoms with Crippen LogP contribution in [0.5, 0.6) is 0 Å². The van der Waals surface area contributed by atoms with E-state index in [1.165, 1.54) is 0 Å². The van der Waals surface area contributed by atoms with Crippen LogP contribution in [0.2, 0.25) is 0 Å². The molecule has 2 atom stereocenters. The fourth-order valence-electron chi connectivity index (χ4n) is 2.75. The molecule has 0 radical (unpaired) electrons. The highest BCUT2D eigenvalue weighted by Gasteiger charge is 2.35. The van der Waals surface area contributed by atoms with Gasteiger partial charge in [-0.2, -0.15) is 18.3 Å². The summed E-state index contributed by atoms with van der Waals surface area (Å²) in [5.74, 6) is -0.477. The van der Waals surface area contributed by atoms with Gasteiger partial charge in [-0.3, -0.25) is 9.48 Å². The highest BCUT2D eigenvalue weighted by atomic mass is 32.1. The average Bonchev–Trinajstić information content (AvgIpc) is 3.23. The SMILES string of the molecule is Cn1cc([C@H]2CNC[C@@H]2C(=O)NCc2nc(C(F)(F)F)cs2)cn1. The van der Waals surface area contributed by atoms with Gasteiger partial charge in [-0.05, 0) is 5.56 Å². The highest BCUT2D eigenvalue weighted by molar-refractivity contribution is 7.09. The molecular weight excluding hydrogens is 343 g/mol. The van der Waals surface area contributed by atoms with Crippen LogP contribution in [0, 0.1) is 5.92 Å². The second-order valence-electron chi connectivity index (χ2n) is 5.66. The molecule has 10 heteroatoms. The third kappa shape index (κ3) is 3.59. The standard InChI is InChI=1S/C14H16F3N5OS/c1-22-6-8(2-20-22)9-3-18-4-10(9)13(23)19-5-12-21-11(7-24-12)14(15,16)17/h2,6-7,9-10,18H,3-5H2,1H3,(H,19,23)/t9-,10+/m1/s1. The minimum absolute atomic E-state index is 0.000677. The zero-order valence-corrected chi connectivity index (χ0v) is 13.6. The minimum atomic E-state index is -4.46. The Morgan fingerprint density at radius 3 is 2.92 bits per heavy atom. The number of thiazole rings is 1. The third-order valence-corrected chi connectivity index (χ3v) is 4.81. The first kappa shape index (κ1) is 16.9. The summed E-state index contributed by atoms with van der Waals surface area (Å²) in [6.45, 7) is 1.19. The van der Waals surface area contributed by atoms with Gasteiger partial charge in [0.05, 0.1) is 18.7 Å². The second kappa shape index (κ2) is 6.52. The van der Waals surface area contributed by atoms with Gasteiger partial charge in [-0.15, -0.1) is 11.3 Å². The number of carbonyl (C=O) groups is 1. The molecule has 0 bridgehead atoms. The predicted molar refractivity (Wildman–Crippen MR) is 81.3 cm³/mol. The van der Waals surface area contributed by atoms with Crippen LogP contribution < -0.4 is 10.6 Å². The van der Waals surface area contributed by atoms with Gasteiger partial charge < -0.3 is 10.6 Å². The number of carbonyl (C=O) groups excluding carboxylic acids is 1. The van der Waals surface area contributed by atoms with Crippen LogP contribution in [-0.2, 0) is 24.6 Å². The monoisotopic (exact) mass is 359 g/mol. The third-order valence-electron chi connectivity index (χ3n) is 3.96. The Morgan fingerprint density at radius 2 is 2.29 bits per heavy atom. The Labute approximate surface area is 140 Å². The fraction of sp³-hybridized carbons (Fsp3) is 0.500. The summed E-state index contributed by atoms with van der Waals surface area (Å²) < 4.78 is 39.3. The molecule has 3 rings (SSSR count). The maximum Gasteiger partial charge on any atom is 0.434 e. The van der Waals surface area contributed by atoms with E-state index >= 15 is 0 Å². The van der Waals surface area contributed by atoms with Crippen LogP contribution in [-0.4, -0.2) is 33.8 Å². The molecule has 1 saturated heterocycles. The van der Waals surface area contributed by atoms with Gasteiger partial charge >= 0.3 is 6.18 Å². The van der Waals surface area contributed by atoms with E-state index in [1.807, 2.05) is 13.2 Å². The fourth-order valence-corrected chi connectivity index (χ4v) is 3.49. The van der Waals surface area contributed by atoms with Crippen molar-refractivity contribution in [3.8, 4) is 0 Å². The number of nitrogens with zero attached hydrogens (tertiary/aromatic N) is 3. The van der Waals surface area contributed by atoms with Crippen LogP contribution in [0.4, 0.5) is 13.2 Å². The Kier molecular flexibility index (Phi) is 4.59. The van der Waals surface area contributed by atoms with E-state index in [4.69, 9.17) is 0 Å². The van der Waals surface area contributed by atoms with Crippen molar-refractivity contribution >= 4 is 17.2 Å². The maximum atomic E-state index is 12.5. The number of hydrogen-bond donors (Lipinski definition) is 2. The molecule has 1 aliphatic heterocycles. The molecule has 1 fully saturated rings. The lowest BCUT2D eigenvalue weighted by atomic mass is 9.90. The van der Waals surface area contributed by atoms with Crippen LogP contribution in [0.15, 0.2) is 17.8 Å². The first-order valence-corrected chi connectivity index (χ1v) is 8.21. The molecule has 2 aromatic rings. The first-order valence-electron chi connectivity index (χ1n) is 7.33. The number of aryl methyl sites for hydroxylation is 1. The van der Waals surface area contributed by atoms with Crippen molar-refractivity contribution in [3.63, 3.8) is 0 Å². The zero-order valence-electron chi connectivity index (χ0n) is 12.8. The molecular formula is C14H16F3N5OS. The zero-order chi connectivity index (χ0) is 17.3. The van der Waals surface area contributed by atoms with Crippen molar-refractivity contribution in [2.24, 2.45) is 13.0 Å². The van der Waals surface area contributed by atoms with Crippen LogP contribution in [0.3, 0.4) is 0 Å². The van der Waals surface area contributed by atoms with E-state index in [2.05, 4.69) is 20.7 Å². The molecule has 2 N–H and O–H groups in total. The summed E-state index contributed by atoms with van der Waals surface area (Å²) in [5, 5.41) is 11.2. The van der Waals surface area contributed by atoms with Crippen molar-refractivity contribution in [2.75, 3.05) is 13.1 Å². The van der Waals surface area contributed by atoms with E-state index in [0.717, 1.165) is 22.3 Å². The van der Waals surface area contributed by atoms with Gasteiger partial charge in [0.15, 0.2) is 5.69 Å². The lowest BCUT2D eigenvalue weighted by molar-refractivity contribution is -0.140.